The minimum absolute atomic E-state index is 0.159. The number of hydrogen-bond donors (Lipinski definition) is 1. The van der Waals surface area contributed by atoms with E-state index in [0.29, 0.717) is 6.42 Å². The normalized spacial score (nSPS) is 14.4. The predicted octanol–water partition coefficient (Wildman–Crippen LogP) is 4.36. The van der Waals surface area contributed by atoms with Crippen molar-refractivity contribution in [2.24, 2.45) is 5.73 Å². The largest absolute Gasteiger partial charge is 0.347 e. The first-order chi connectivity index (χ1) is 10.8. The molecule has 0 aromatic heterocycles. The molecule has 0 radical (unpaired) electrons. The topological polar surface area (TPSA) is 97.1 Å². The van der Waals surface area contributed by atoms with Gasteiger partial charge >= 0.3 is 15.2 Å². The lowest BCUT2D eigenvalue weighted by molar-refractivity contribution is 0.190. The molecule has 1 unspecified atom stereocenters. The molecule has 9 heteroatoms. The highest BCUT2D eigenvalue weighted by atomic mass is 31.2. The summed E-state index contributed by atoms with van der Waals surface area (Å²) < 4.78 is 48.1. The maximum absolute atomic E-state index is 13.3. The first-order valence-electron chi connectivity index (χ1n) is 8.38. The zero-order chi connectivity index (χ0) is 17.9. The summed E-state index contributed by atoms with van der Waals surface area (Å²) in [5, 5.41) is -1.12. The lowest BCUT2D eigenvalue weighted by atomic mass is 10.1. The third-order valence-corrected chi connectivity index (χ3v) is 9.39. The Hall–Kier alpha value is 0.260. The molecule has 0 aliphatic carbocycles. The summed E-state index contributed by atoms with van der Waals surface area (Å²) in [6, 6.07) is -0.664. The smallest absolute Gasteiger partial charge is 0.326 e. The second kappa shape index (κ2) is 11.8. The Balaban J connectivity index is 5.83. The zero-order valence-electron chi connectivity index (χ0n) is 15.0. The molecule has 0 aliphatic heterocycles. The van der Waals surface area contributed by atoms with Crippen molar-refractivity contribution in [2.45, 2.75) is 65.3 Å². The standard InChI is InChI=1S/C14H33NO6P2/c1-6-11-12-13(15)14(22(16,18-7-2)19-8-3)23(17,20-9-4)21-10-5/h13-14H,6-12,15H2,1-5H3. The summed E-state index contributed by atoms with van der Waals surface area (Å²) in [7, 11) is -7.49. The van der Waals surface area contributed by atoms with Gasteiger partial charge in [0, 0.05) is 6.04 Å². The van der Waals surface area contributed by atoms with Crippen LogP contribution in [0.15, 0.2) is 0 Å². The summed E-state index contributed by atoms with van der Waals surface area (Å²) in [6.07, 6.45) is 2.27. The zero-order valence-corrected chi connectivity index (χ0v) is 16.8. The molecule has 0 rings (SSSR count). The maximum Gasteiger partial charge on any atom is 0.347 e. The van der Waals surface area contributed by atoms with E-state index in [2.05, 4.69) is 0 Å². The molecule has 23 heavy (non-hydrogen) atoms. The number of unbranched alkanes of at least 4 members (excludes halogenated alkanes) is 1. The van der Waals surface area contributed by atoms with Gasteiger partial charge in [0.15, 0.2) is 5.40 Å². The van der Waals surface area contributed by atoms with Crippen LogP contribution in [-0.4, -0.2) is 37.9 Å². The highest BCUT2D eigenvalue weighted by molar-refractivity contribution is 7.72. The second-order valence-corrected chi connectivity index (χ2v) is 9.68. The molecule has 0 aromatic carbocycles. The van der Waals surface area contributed by atoms with Crippen LogP contribution in [0, 0.1) is 0 Å². The van der Waals surface area contributed by atoms with Crippen LogP contribution in [0.4, 0.5) is 0 Å². The van der Waals surface area contributed by atoms with Gasteiger partial charge in [-0.1, -0.05) is 19.8 Å². The number of nitrogens with two attached hydrogens (primary N) is 1. The van der Waals surface area contributed by atoms with Gasteiger partial charge in [-0.25, -0.2) is 0 Å². The van der Waals surface area contributed by atoms with E-state index in [4.69, 9.17) is 23.8 Å². The molecular formula is C14H33NO6P2. The van der Waals surface area contributed by atoms with E-state index in [1.54, 1.807) is 27.7 Å². The first-order valence-corrected chi connectivity index (χ1v) is 11.6. The molecule has 0 spiro atoms. The van der Waals surface area contributed by atoms with Gasteiger partial charge in [0.1, 0.15) is 0 Å². The average Bonchev–Trinajstić information content (AvgIpc) is 2.45. The van der Waals surface area contributed by atoms with Crippen LogP contribution in [0.5, 0.6) is 0 Å². The molecule has 2 N–H and O–H groups in total. The monoisotopic (exact) mass is 373 g/mol. The van der Waals surface area contributed by atoms with Crippen LogP contribution < -0.4 is 5.73 Å². The van der Waals surface area contributed by atoms with Crippen molar-refractivity contribution in [2.75, 3.05) is 26.4 Å². The van der Waals surface area contributed by atoms with Gasteiger partial charge in [0.05, 0.1) is 26.4 Å². The number of hydrogen-bond acceptors (Lipinski definition) is 7. The Bertz CT molecular complexity index is 357. The molecule has 140 valence electrons. The molecule has 0 heterocycles. The van der Waals surface area contributed by atoms with Gasteiger partial charge in [-0.3, -0.25) is 9.13 Å². The number of rotatable bonds is 14. The van der Waals surface area contributed by atoms with E-state index in [1.807, 2.05) is 6.92 Å². The third-order valence-electron chi connectivity index (χ3n) is 3.16. The molecule has 0 aromatic rings. The minimum atomic E-state index is -3.74. The van der Waals surface area contributed by atoms with Crippen LogP contribution in [0.25, 0.3) is 0 Å². The lowest BCUT2D eigenvalue weighted by Crippen LogP contribution is -2.37. The van der Waals surface area contributed by atoms with Crippen molar-refractivity contribution in [3.63, 3.8) is 0 Å². The Kier molecular flexibility index (Phi) is 11.9. The van der Waals surface area contributed by atoms with Crippen molar-refractivity contribution >= 4 is 15.2 Å². The van der Waals surface area contributed by atoms with E-state index < -0.39 is 26.6 Å². The van der Waals surface area contributed by atoms with Crippen LogP contribution in [0.3, 0.4) is 0 Å². The van der Waals surface area contributed by atoms with Gasteiger partial charge in [-0.05, 0) is 34.1 Å². The molecule has 0 aliphatic rings. The molecule has 0 bridgehead atoms. The van der Waals surface area contributed by atoms with Crippen molar-refractivity contribution in [1.29, 1.82) is 0 Å². The van der Waals surface area contributed by atoms with Crippen molar-refractivity contribution in [1.82, 2.24) is 0 Å². The van der Waals surface area contributed by atoms with Crippen molar-refractivity contribution in [3.05, 3.63) is 0 Å². The van der Waals surface area contributed by atoms with Crippen LogP contribution in [0.1, 0.15) is 53.9 Å². The molecule has 0 fully saturated rings. The molecular weight excluding hydrogens is 340 g/mol. The highest BCUT2D eigenvalue weighted by Gasteiger charge is 2.53. The summed E-state index contributed by atoms with van der Waals surface area (Å²) in [5.41, 5.74) is 6.23. The fourth-order valence-corrected chi connectivity index (χ4v) is 7.95. The summed E-state index contributed by atoms with van der Waals surface area (Å²) in [4.78, 5) is 0. The van der Waals surface area contributed by atoms with Crippen LogP contribution in [-0.2, 0) is 27.2 Å². The van der Waals surface area contributed by atoms with E-state index in [1.165, 1.54) is 0 Å². The second-order valence-electron chi connectivity index (χ2n) is 4.97. The molecule has 0 amide bonds. The molecule has 7 nitrogen and oxygen atoms in total. The van der Waals surface area contributed by atoms with Gasteiger partial charge in [-0.15, -0.1) is 0 Å². The van der Waals surface area contributed by atoms with E-state index in [-0.39, 0.29) is 26.4 Å². The fraction of sp³-hybridized carbons (Fsp3) is 1.00. The van der Waals surface area contributed by atoms with Gasteiger partial charge in [-0.2, -0.15) is 0 Å². The molecule has 0 saturated carbocycles. The minimum Gasteiger partial charge on any atom is -0.326 e. The Labute approximate surface area is 140 Å². The molecule has 1 atom stereocenters. The van der Waals surface area contributed by atoms with Gasteiger partial charge < -0.3 is 23.8 Å². The SMILES string of the molecule is CCCCC(N)C(P(=O)(OCC)OCC)P(=O)(OCC)OCC. The average molecular weight is 373 g/mol. The van der Waals surface area contributed by atoms with Crippen LogP contribution in [0.2, 0.25) is 0 Å². The van der Waals surface area contributed by atoms with Gasteiger partial charge in [0.2, 0.25) is 0 Å². The molecule has 0 saturated heterocycles. The highest BCUT2D eigenvalue weighted by Crippen LogP contribution is 2.71. The summed E-state index contributed by atoms with van der Waals surface area (Å²) in [5.74, 6) is 0. The van der Waals surface area contributed by atoms with Gasteiger partial charge in [0.25, 0.3) is 0 Å². The Morgan fingerprint density at radius 2 is 1.13 bits per heavy atom. The predicted molar refractivity (Wildman–Crippen MR) is 93.0 cm³/mol. The summed E-state index contributed by atoms with van der Waals surface area (Å²) >= 11 is 0. The quantitative estimate of drug-likeness (QED) is 0.452. The fourth-order valence-electron chi connectivity index (χ4n) is 2.33. The van der Waals surface area contributed by atoms with E-state index in [0.717, 1.165) is 12.8 Å². The maximum atomic E-state index is 13.3. The van der Waals surface area contributed by atoms with E-state index >= 15 is 0 Å². The Morgan fingerprint density at radius 1 is 0.783 bits per heavy atom. The summed E-state index contributed by atoms with van der Waals surface area (Å²) in [6.45, 7) is 9.47. The lowest BCUT2D eigenvalue weighted by Gasteiger charge is -2.34. The van der Waals surface area contributed by atoms with E-state index in [9.17, 15) is 9.13 Å². The van der Waals surface area contributed by atoms with Crippen LogP contribution >= 0.6 is 15.2 Å². The Morgan fingerprint density at radius 3 is 1.39 bits per heavy atom. The third kappa shape index (κ3) is 6.95. The van der Waals surface area contributed by atoms with Crippen molar-refractivity contribution < 1.29 is 27.2 Å². The first kappa shape index (κ1) is 23.3. The van der Waals surface area contributed by atoms with Crippen molar-refractivity contribution in [3.8, 4) is 0 Å².